The number of hydrogen-bond acceptors (Lipinski definition) is 3. The van der Waals surface area contributed by atoms with Crippen LogP contribution in [0.15, 0.2) is 36.8 Å². The van der Waals surface area contributed by atoms with Crippen LogP contribution in [0.3, 0.4) is 0 Å². The fourth-order valence-electron chi connectivity index (χ4n) is 1.40. The molecular weight excluding hydrogens is 216 g/mol. The summed E-state index contributed by atoms with van der Waals surface area (Å²) in [5, 5.41) is 2.72. The molecule has 1 atom stereocenters. The molecule has 5 heteroatoms. The van der Waals surface area contributed by atoms with Crippen LogP contribution in [0.5, 0.6) is 0 Å². The smallest absolute Gasteiger partial charge is 0.240 e. The summed E-state index contributed by atoms with van der Waals surface area (Å²) in [7, 11) is 0. The molecule has 1 amide bonds. The van der Waals surface area contributed by atoms with E-state index in [9.17, 15) is 4.79 Å². The van der Waals surface area contributed by atoms with Crippen molar-refractivity contribution in [2.75, 3.05) is 5.32 Å². The van der Waals surface area contributed by atoms with Crippen molar-refractivity contribution in [1.29, 1.82) is 0 Å². The molecule has 0 saturated carbocycles. The molecule has 0 radical (unpaired) electrons. The summed E-state index contributed by atoms with van der Waals surface area (Å²) in [4.78, 5) is 18.3. The van der Waals surface area contributed by atoms with E-state index in [1.54, 1.807) is 19.4 Å². The second-order valence-corrected chi connectivity index (χ2v) is 3.82. The van der Waals surface area contributed by atoms with Crippen LogP contribution in [0.25, 0.3) is 11.3 Å². The van der Waals surface area contributed by atoms with Gasteiger partial charge < -0.3 is 16.0 Å². The molecule has 2 aromatic rings. The van der Waals surface area contributed by atoms with E-state index in [0.717, 1.165) is 16.9 Å². The number of nitrogens with two attached hydrogens (primary N) is 1. The topological polar surface area (TPSA) is 83.8 Å². The molecule has 5 nitrogen and oxygen atoms in total. The Morgan fingerprint density at radius 1 is 1.41 bits per heavy atom. The SMILES string of the molecule is C[C@H](N)C(=O)Nc1ccc(-c2cnc[nH]2)cc1. The molecule has 0 fully saturated rings. The largest absolute Gasteiger partial charge is 0.345 e. The number of imidazole rings is 1. The van der Waals surface area contributed by atoms with Gasteiger partial charge in [-0.1, -0.05) is 12.1 Å². The maximum absolute atomic E-state index is 11.4. The quantitative estimate of drug-likeness (QED) is 0.744. The first kappa shape index (κ1) is 11.3. The Balaban J connectivity index is 2.11. The number of aromatic nitrogens is 2. The highest BCUT2D eigenvalue weighted by Gasteiger charge is 2.07. The van der Waals surface area contributed by atoms with Crippen LogP contribution in [0.1, 0.15) is 6.92 Å². The molecule has 17 heavy (non-hydrogen) atoms. The predicted octanol–water partition coefficient (Wildman–Crippen LogP) is 1.36. The Morgan fingerprint density at radius 2 is 2.12 bits per heavy atom. The summed E-state index contributed by atoms with van der Waals surface area (Å²) >= 11 is 0. The van der Waals surface area contributed by atoms with Crippen LogP contribution < -0.4 is 11.1 Å². The third-order valence-electron chi connectivity index (χ3n) is 2.38. The Kier molecular flexibility index (Phi) is 3.20. The Bertz CT molecular complexity index is 488. The van der Waals surface area contributed by atoms with E-state index in [-0.39, 0.29) is 5.91 Å². The Labute approximate surface area is 99.1 Å². The number of aromatic amines is 1. The van der Waals surface area contributed by atoms with Crippen LogP contribution in [0.2, 0.25) is 0 Å². The van der Waals surface area contributed by atoms with Crippen molar-refractivity contribution >= 4 is 11.6 Å². The third kappa shape index (κ3) is 2.70. The molecule has 0 unspecified atom stereocenters. The van der Waals surface area contributed by atoms with Gasteiger partial charge in [-0.15, -0.1) is 0 Å². The lowest BCUT2D eigenvalue weighted by molar-refractivity contribution is -0.117. The van der Waals surface area contributed by atoms with Crippen LogP contribution in [0, 0.1) is 0 Å². The average Bonchev–Trinajstić information content (AvgIpc) is 2.83. The van der Waals surface area contributed by atoms with E-state index in [4.69, 9.17) is 5.73 Å². The van der Waals surface area contributed by atoms with E-state index in [2.05, 4.69) is 15.3 Å². The summed E-state index contributed by atoms with van der Waals surface area (Å²) in [6.45, 7) is 1.65. The first-order valence-electron chi connectivity index (χ1n) is 5.32. The molecular formula is C12H14N4O. The molecule has 4 N–H and O–H groups in total. The number of carbonyl (C=O) groups excluding carboxylic acids is 1. The summed E-state index contributed by atoms with van der Waals surface area (Å²) in [5.74, 6) is -0.195. The lowest BCUT2D eigenvalue weighted by Gasteiger charge is -2.08. The van der Waals surface area contributed by atoms with Crippen LogP contribution in [-0.2, 0) is 4.79 Å². The van der Waals surface area contributed by atoms with E-state index in [1.807, 2.05) is 24.3 Å². The lowest BCUT2D eigenvalue weighted by atomic mass is 10.1. The van der Waals surface area contributed by atoms with E-state index < -0.39 is 6.04 Å². The Hall–Kier alpha value is -2.14. The average molecular weight is 230 g/mol. The lowest BCUT2D eigenvalue weighted by Crippen LogP contribution is -2.32. The van der Waals surface area contributed by atoms with E-state index in [1.165, 1.54) is 0 Å². The third-order valence-corrected chi connectivity index (χ3v) is 2.38. The first-order valence-corrected chi connectivity index (χ1v) is 5.32. The molecule has 1 aromatic carbocycles. The van der Waals surface area contributed by atoms with Crippen molar-refractivity contribution < 1.29 is 4.79 Å². The molecule has 0 aliphatic carbocycles. The molecule has 2 rings (SSSR count). The number of anilines is 1. The van der Waals surface area contributed by atoms with Crippen molar-refractivity contribution in [2.24, 2.45) is 5.73 Å². The van der Waals surface area contributed by atoms with Gasteiger partial charge in [0.25, 0.3) is 0 Å². The van der Waals surface area contributed by atoms with Gasteiger partial charge >= 0.3 is 0 Å². The summed E-state index contributed by atoms with van der Waals surface area (Å²) in [6.07, 6.45) is 3.37. The van der Waals surface area contributed by atoms with Crippen molar-refractivity contribution in [3.05, 3.63) is 36.8 Å². The first-order chi connectivity index (χ1) is 8.16. The molecule has 88 valence electrons. The van der Waals surface area contributed by atoms with Crippen molar-refractivity contribution in [2.45, 2.75) is 13.0 Å². The standard InChI is InChI=1S/C12H14N4O/c1-8(13)12(17)16-10-4-2-9(3-5-10)11-6-14-7-15-11/h2-8H,13H2,1H3,(H,14,15)(H,16,17)/t8-/m0/s1. The minimum Gasteiger partial charge on any atom is -0.345 e. The number of H-pyrrole nitrogens is 1. The number of nitrogens with one attached hydrogen (secondary N) is 2. The van der Waals surface area contributed by atoms with Gasteiger partial charge in [0.05, 0.1) is 24.3 Å². The maximum Gasteiger partial charge on any atom is 0.240 e. The molecule has 0 aliphatic rings. The summed E-state index contributed by atoms with van der Waals surface area (Å²) < 4.78 is 0. The monoisotopic (exact) mass is 230 g/mol. The van der Waals surface area contributed by atoms with Crippen LogP contribution in [0.4, 0.5) is 5.69 Å². The number of amides is 1. The van der Waals surface area contributed by atoms with Crippen LogP contribution in [-0.4, -0.2) is 21.9 Å². The van der Waals surface area contributed by atoms with E-state index >= 15 is 0 Å². The fraction of sp³-hybridized carbons (Fsp3) is 0.167. The molecule has 1 aromatic heterocycles. The number of rotatable bonds is 3. The molecule has 1 heterocycles. The highest BCUT2D eigenvalue weighted by Crippen LogP contribution is 2.18. The fourth-order valence-corrected chi connectivity index (χ4v) is 1.40. The second-order valence-electron chi connectivity index (χ2n) is 3.82. The van der Waals surface area contributed by atoms with Gasteiger partial charge in [-0.05, 0) is 24.6 Å². The zero-order valence-electron chi connectivity index (χ0n) is 9.47. The second kappa shape index (κ2) is 4.80. The molecule has 0 aliphatic heterocycles. The van der Waals surface area contributed by atoms with Gasteiger partial charge in [0.15, 0.2) is 0 Å². The van der Waals surface area contributed by atoms with Crippen LogP contribution >= 0.6 is 0 Å². The van der Waals surface area contributed by atoms with Crippen molar-refractivity contribution in [3.63, 3.8) is 0 Å². The van der Waals surface area contributed by atoms with Gasteiger partial charge in [0.1, 0.15) is 0 Å². The number of hydrogen-bond donors (Lipinski definition) is 3. The Morgan fingerprint density at radius 3 is 2.65 bits per heavy atom. The van der Waals surface area contributed by atoms with Gasteiger partial charge in [0, 0.05) is 5.69 Å². The van der Waals surface area contributed by atoms with Gasteiger partial charge in [0.2, 0.25) is 5.91 Å². The predicted molar refractivity (Wildman–Crippen MR) is 66.3 cm³/mol. The summed E-state index contributed by atoms with van der Waals surface area (Å²) in [6, 6.07) is 6.96. The van der Waals surface area contributed by atoms with Gasteiger partial charge in [-0.25, -0.2) is 4.98 Å². The van der Waals surface area contributed by atoms with Gasteiger partial charge in [-0.2, -0.15) is 0 Å². The number of nitrogens with zero attached hydrogens (tertiary/aromatic N) is 1. The van der Waals surface area contributed by atoms with Crippen molar-refractivity contribution in [3.8, 4) is 11.3 Å². The molecule has 0 bridgehead atoms. The minimum absolute atomic E-state index is 0.195. The zero-order chi connectivity index (χ0) is 12.3. The molecule has 0 saturated heterocycles. The minimum atomic E-state index is -0.512. The highest BCUT2D eigenvalue weighted by molar-refractivity contribution is 5.94. The maximum atomic E-state index is 11.4. The number of carbonyl (C=O) groups is 1. The van der Waals surface area contributed by atoms with Gasteiger partial charge in [-0.3, -0.25) is 4.79 Å². The normalized spacial score (nSPS) is 12.1. The highest BCUT2D eigenvalue weighted by atomic mass is 16.2. The summed E-state index contributed by atoms with van der Waals surface area (Å²) in [5.41, 5.74) is 8.15. The van der Waals surface area contributed by atoms with E-state index in [0.29, 0.717) is 0 Å². The molecule has 0 spiro atoms. The van der Waals surface area contributed by atoms with Crippen molar-refractivity contribution in [1.82, 2.24) is 9.97 Å². The zero-order valence-corrected chi connectivity index (χ0v) is 9.47. The number of benzene rings is 1.